The number of hydrogen-bond donors (Lipinski definition) is 0. The van der Waals surface area contributed by atoms with Gasteiger partial charge in [0.25, 0.3) is 5.91 Å². The summed E-state index contributed by atoms with van der Waals surface area (Å²) in [6.07, 6.45) is 4.86. The Morgan fingerprint density at radius 3 is 2.61 bits per heavy atom. The summed E-state index contributed by atoms with van der Waals surface area (Å²) < 4.78 is 21.2. The zero-order valence-corrected chi connectivity index (χ0v) is 16.4. The highest BCUT2D eigenvalue weighted by Gasteiger charge is 2.21. The van der Waals surface area contributed by atoms with Crippen LogP contribution in [0, 0.1) is 5.82 Å². The molecule has 0 saturated heterocycles. The van der Waals surface area contributed by atoms with Crippen LogP contribution in [0.2, 0.25) is 0 Å². The monoisotopic (exact) mass is 382 g/mol. The number of rotatable bonds is 6. The summed E-state index contributed by atoms with van der Waals surface area (Å²) in [6.45, 7) is 4.24. The smallest absolute Gasteiger partial charge is 0.274 e. The van der Waals surface area contributed by atoms with Gasteiger partial charge in [-0.25, -0.2) is 14.4 Å². The van der Waals surface area contributed by atoms with Crippen molar-refractivity contribution in [3.8, 4) is 17.0 Å². The molecule has 0 radical (unpaired) electrons. The van der Waals surface area contributed by atoms with E-state index in [0.29, 0.717) is 29.2 Å². The first-order valence-corrected chi connectivity index (χ1v) is 8.97. The van der Waals surface area contributed by atoms with E-state index in [4.69, 9.17) is 4.74 Å². The number of methoxy groups -OCH3 is 1. The topological polar surface area (TPSA) is 60.2 Å². The number of carbonyl (C=O) groups excluding carboxylic acids is 1. The van der Waals surface area contributed by atoms with Crippen molar-refractivity contribution in [1.29, 1.82) is 0 Å². The minimum atomic E-state index is -0.345. The van der Waals surface area contributed by atoms with Crippen LogP contribution >= 0.6 is 0 Å². The van der Waals surface area contributed by atoms with Crippen LogP contribution in [-0.2, 0) is 13.6 Å². The van der Waals surface area contributed by atoms with Crippen LogP contribution < -0.4 is 4.74 Å². The molecular formula is C21H23FN4O2. The van der Waals surface area contributed by atoms with E-state index < -0.39 is 0 Å². The van der Waals surface area contributed by atoms with Gasteiger partial charge in [0.2, 0.25) is 5.88 Å². The maximum Gasteiger partial charge on any atom is 0.274 e. The molecule has 0 aliphatic heterocycles. The van der Waals surface area contributed by atoms with Gasteiger partial charge in [-0.3, -0.25) is 4.79 Å². The average molecular weight is 382 g/mol. The Kier molecular flexibility index (Phi) is 5.73. The highest BCUT2D eigenvalue weighted by molar-refractivity contribution is 5.92. The number of aryl methyl sites for hydroxylation is 1. The molecule has 146 valence electrons. The van der Waals surface area contributed by atoms with Crippen LogP contribution in [0.4, 0.5) is 4.39 Å². The molecule has 0 aliphatic carbocycles. The Morgan fingerprint density at radius 1 is 1.25 bits per heavy atom. The third-order valence-corrected chi connectivity index (χ3v) is 4.45. The molecule has 6 nitrogen and oxygen atoms in total. The van der Waals surface area contributed by atoms with Gasteiger partial charge in [0.05, 0.1) is 13.4 Å². The standard InChI is InChI=1S/C21H23FN4O2/c1-14(2)26(21(27)19-12-25(3)13-24-19)11-15-5-7-18(22)17(9-15)16-6-8-20(28-4)23-10-16/h5-10,12-14H,11H2,1-4H3. The Labute approximate surface area is 163 Å². The zero-order chi connectivity index (χ0) is 20.3. The van der Waals surface area contributed by atoms with Gasteiger partial charge < -0.3 is 14.2 Å². The van der Waals surface area contributed by atoms with Gasteiger partial charge in [0.15, 0.2) is 0 Å². The van der Waals surface area contributed by atoms with E-state index in [0.717, 1.165) is 5.56 Å². The number of aromatic nitrogens is 3. The SMILES string of the molecule is COc1ccc(-c2cc(CN(C(=O)c3cn(C)cn3)C(C)C)ccc2F)cn1. The van der Waals surface area contributed by atoms with Crippen molar-refractivity contribution in [2.75, 3.05) is 7.11 Å². The van der Waals surface area contributed by atoms with Crippen molar-refractivity contribution in [3.63, 3.8) is 0 Å². The molecular weight excluding hydrogens is 359 g/mol. The normalized spacial score (nSPS) is 10.9. The van der Waals surface area contributed by atoms with Gasteiger partial charge in [0.1, 0.15) is 11.5 Å². The van der Waals surface area contributed by atoms with Crippen LogP contribution in [0.1, 0.15) is 29.9 Å². The van der Waals surface area contributed by atoms with E-state index in [1.165, 1.54) is 13.2 Å². The fourth-order valence-electron chi connectivity index (χ4n) is 2.91. The van der Waals surface area contributed by atoms with E-state index in [2.05, 4.69) is 9.97 Å². The van der Waals surface area contributed by atoms with Crippen LogP contribution in [0.3, 0.4) is 0 Å². The first-order valence-electron chi connectivity index (χ1n) is 8.97. The second-order valence-electron chi connectivity index (χ2n) is 6.85. The largest absolute Gasteiger partial charge is 0.481 e. The van der Waals surface area contributed by atoms with Gasteiger partial charge in [-0.2, -0.15) is 0 Å². The number of halogens is 1. The van der Waals surface area contributed by atoms with Crippen molar-refractivity contribution in [2.45, 2.75) is 26.4 Å². The number of pyridine rings is 1. The molecule has 7 heteroatoms. The maximum atomic E-state index is 14.4. The first kappa shape index (κ1) is 19.5. The van der Waals surface area contributed by atoms with E-state index in [-0.39, 0.29) is 17.8 Å². The summed E-state index contributed by atoms with van der Waals surface area (Å²) in [6, 6.07) is 8.26. The molecule has 0 saturated carbocycles. The fraction of sp³-hybridized carbons (Fsp3) is 0.286. The van der Waals surface area contributed by atoms with Crippen LogP contribution in [0.15, 0.2) is 49.1 Å². The van der Waals surface area contributed by atoms with Crippen molar-refractivity contribution in [2.24, 2.45) is 7.05 Å². The van der Waals surface area contributed by atoms with E-state index in [9.17, 15) is 9.18 Å². The number of benzene rings is 1. The lowest BCUT2D eigenvalue weighted by atomic mass is 10.0. The van der Waals surface area contributed by atoms with Gasteiger partial charge in [0, 0.05) is 49.2 Å². The van der Waals surface area contributed by atoms with Crippen LogP contribution in [0.25, 0.3) is 11.1 Å². The lowest BCUT2D eigenvalue weighted by Crippen LogP contribution is -2.36. The van der Waals surface area contributed by atoms with Crippen LogP contribution in [0.5, 0.6) is 5.88 Å². The van der Waals surface area contributed by atoms with E-state index in [1.54, 1.807) is 52.5 Å². The summed E-state index contributed by atoms with van der Waals surface area (Å²) >= 11 is 0. The molecule has 0 unspecified atom stereocenters. The summed E-state index contributed by atoms with van der Waals surface area (Å²) in [7, 11) is 3.35. The molecule has 28 heavy (non-hydrogen) atoms. The number of hydrogen-bond acceptors (Lipinski definition) is 4. The quantitative estimate of drug-likeness (QED) is 0.653. The third-order valence-electron chi connectivity index (χ3n) is 4.45. The second kappa shape index (κ2) is 8.21. The number of amides is 1. The van der Waals surface area contributed by atoms with Gasteiger partial charge >= 0.3 is 0 Å². The molecule has 0 fully saturated rings. The molecule has 0 bridgehead atoms. The molecule has 2 aromatic heterocycles. The fourth-order valence-corrected chi connectivity index (χ4v) is 2.91. The Balaban J connectivity index is 1.88. The summed E-state index contributed by atoms with van der Waals surface area (Å²) in [5, 5.41) is 0. The Hall–Kier alpha value is -3.22. The van der Waals surface area contributed by atoms with Gasteiger partial charge in [-0.1, -0.05) is 6.07 Å². The maximum absolute atomic E-state index is 14.4. The molecule has 3 aromatic rings. The van der Waals surface area contributed by atoms with Crippen LogP contribution in [-0.4, -0.2) is 38.5 Å². The molecule has 1 aromatic carbocycles. The van der Waals surface area contributed by atoms with Crippen molar-refractivity contribution >= 4 is 5.91 Å². The number of nitrogens with zero attached hydrogens (tertiary/aromatic N) is 4. The van der Waals surface area contributed by atoms with E-state index >= 15 is 0 Å². The number of ether oxygens (including phenoxy) is 1. The Morgan fingerprint density at radius 2 is 2.04 bits per heavy atom. The highest BCUT2D eigenvalue weighted by Crippen LogP contribution is 2.26. The van der Waals surface area contributed by atoms with Crippen molar-refractivity contribution in [3.05, 3.63) is 66.1 Å². The van der Waals surface area contributed by atoms with Crippen molar-refractivity contribution < 1.29 is 13.9 Å². The summed E-state index contributed by atoms with van der Waals surface area (Å²) in [4.78, 5) is 22.8. The molecule has 3 rings (SSSR count). The lowest BCUT2D eigenvalue weighted by molar-refractivity contribution is 0.0684. The minimum Gasteiger partial charge on any atom is -0.481 e. The molecule has 2 heterocycles. The molecule has 0 spiro atoms. The zero-order valence-electron chi connectivity index (χ0n) is 16.4. The third kappa shape index (κ3) is 4.19. The predicted molar refractivity (Wildman–Crippen MR) is 104 cm³/mol. The highest BCUT2D eigenvalue weighted by atomic mass is 19.1. The molecule has 1 amide bonds. The average Bonchev–Trinajstić information content (AvgIpc) is 3.13. The van der Waals surface area contributed by atoms with Gasteiger partial charge in [-0.15, -0.1) is 0 Å². The number of imidazole rings is 1. The van der Waals surface area contributed by atoms with Crippen molar-refractivity contribution in [1.82, 2.24) is 19.4 Å². The minimum absolute atomic E-state index is 0.0364. The molecule has 0 aliphatic rings. The predicted octanol–water partition coefficient (Wildman–Crippen LogP) is 3.68. The Bertz CT molecular complexity index is 967. The van der Waals surface area contributed by atoms with E-state index in [1.807, 2.05) is 20.9 Å². The second-order valence-corrected chi connectivity index (χ2v) is 6.85. The summed E-state index contributed by atoms with van der Waals surface area (Å²) in [5.41, 5.74) is 2.29. The number of carbonyl (C=O) groups is 1. The summed E-state index contributed by atoms with van der Waals surface area (Å²) in [5.74, 6) is -0.0392. The molecule has 0 atom stereocenters. The first-order chi connectivity index (χ1) is 13.4. The lowest BCUT2D eigenvalue weighted by Gasteiger charge is -2.26. The van der Waals surface area contributed by atoms with Gasteiger partial charge in [-0.05, 0) is 37.6 Å². The molecule has 0 N–H and O–H groups in total.